The summed E-state index contributed by atoms with van der Waals surface area (Å²) >= 11 is 0. The van der Waals surface area contributed by atoms with Gasteiger partial charge in [0.05, 0.1) is 17.2 Å². The number of aryl methyl sites for hydroxylation is 1. The van der Waals surface area contributed by atoms with Gasteiger partial charge in [-0.1, -0.05) is 30.3 Å². The van der Waals surface area contributed by atoms with E-state index in [9.17, 15) is 9.59 Å². The van der Waals surface area contributed by atoms with Crippen LogP contribution < -0.4 is 5.32 Å². The Bertz CT molecular complexity index is 779. The Kier molecular flexibility index (Phi) is 6.92. The molecular weight excluding hydrogens is 328 g/mol. The van der Waals surface area contributed by atoms with Gasteiger partial charge in [-0.05, 0) is 56.5 Å². The third-order valence-corrected chi connectivity index (χ3v) is 4.00. The summed E-state index contributed by atoms with van der Waals surface area (Å²) in [5.41, 5.74) is 1.98. The second-order valence-corrected chi connectivity index (χ2v) is 6.17. The highest BCUT2D eigenvalue weighted by Crippen LogP contribution is 2.08. The standard InChI is InChI=1S/C21H22N2O3/c1-15(8-9-17-6-4-3-5-7-17)23-20(24)16(2)26-21(25)19-12-10-18(14-22)11-13-19/h3-7,10-13,15-16H,8-9H2,1-2H3,(H,23,24)/t15-,16-/m0/s1. The van der Waals surface area contributed by atoms with Gasteiger partial charge in [-0.25, -0.2) is 4.79 Å². The van der Waals surface area contributed by atoms with Crippen molar-refractivity contribution in [2.75, 3.05) is 0 Å². The normalized spacial score (nSPS) is 12.5. The fourth-order valence-electron chi connectivity index (χ4n) is 2.42. The van der Waals surface area contributed by atoms with Crippen LogP contribution in [0.5, 0.6) is 0 Å². The van der Waals surface area contributed by atoms with Crippen LogP contribution in [0, 0.1) is 11.3 Å². The van der Waals surface area contributed by atoms with Crippen LogP contribution in [0.15, 0.2) is 54.6 Å². The summed E-state index contributed by atoms with van der Waals surface area (Å²) in [4.78, 5) is 24.3. The van der Waals surface area contributed by atoms with E-state index < -0.39 is 12.1 Å². The summed E-state index contributed by atoms with van der Waals surface area (Å²) in [7, 11) is 0. The minimum absolute atomic E-state index is 0.0289. The van der Waals surface area contributed by atoms with Crippen molar-refractivity contribution in [3.05, 3.63) is 71.3 Å². The fraction of sp³-hybridized carbons (Fsp3) is 0.286. The number of rotatable bonds is 7. The van der Waals surface area contributed by atoms with Crippen LogP contribution in [-0.2, 0) is 16.0 Å². The fourth-order valence-corrected chi connectivity index (χ4v) is 2.42. The van der Waals surface area contributed by atoms with Gasteiger partial charge in [-0.15, -0.1) is 0 Å². The Morgan fingerprint density at radius 3 is 2.35 bits per heavy atom. The quantitative estimate of drug-likeness (QED) is 0.778. The lowest BCUT2D eigenvalue weighted by atomic mass is 10.1. The molecule has 2 aromatic carbocycles. The molecule has 2 aromatic rings. The highest BCUT2D eigenvalue weighted by Gasteiger charge is 2.20. The first-order chi connectivity index (χ1) is 12.5. The zero-order chi connectivity index (χ0) is 18.9. The Labute approximate surface area is 153 Å². The topological polar surface area (TPSA) is 79.2 Å². The van der Waals surface area contributed by atoms with Crippen molar-refractivity contribution in [1.29, 1.82) is 5.26 Å². The number of carbonyl (C=O) groups excluding carboxylic acids is 2. The van der Waals surface area contributed by atoms with E-state index in [1.165, 1.54) is 29.8 Å². The Hall–Kier alpha value is -3.13. The van der Waals surface area contributed by atoms with Crippen LogP contribution in [0.2, 0.25) is 0 Å². The molecule has 0 bridgehead atoms. The van der Waals surface area contributed by atoms with Crippen molar-refractivity contribution in [3.63, 3.8) is 0 Å². The lowest BCUT2D eigenvalue weighted by Crippen LogP contribution is -2.41. The number of nitriles is 1. The van der Waals surface area contributed by atoms with Crippen LogP contribution in [-0.4, -0.2) is 24.0 Å². The molecule has 134 valence electrons. The molecular formula is C21H22N2O3. The highest BCUT2D eigenvalue weighted by atomic mass is 16.5. The van der Waals surface area contributed by atoms with Crippen molar-refractivity contribution >= 4 is 11.9 Å². The molecule has 0 saturated carbocycles. The molecule has 0 radical (unpaired) electrons. The van der Waals surface area contributed by atoms with Crippen LogP contribution in [0.4, 0.5) is 0 Å². The van der Waals surface area contributed by atoms with Gasteiger partial charge in [-0.2, -0.15) is 5.26 Å². The van der Waals surface area contributed by atoms with Gasteiger partial charge in [0, 0.05) is 6.04 Å². The predicted octanol–water partition coefficient (Wildman–Crippen LogP) is 3.24. The average molecular weight is 350 g/mol. The molecule has 2 atom stereocenters. The molecule has 0 unspecified atom stereocenters. The van der Waals surface area contributed by atoms with Crippen LogP contribution in [0.25, 0.3) is 0 Å². The first-order valence-electron chi connectivity index (χ1n) is 8.55. The van der Waals surface area contributed by atoms with Gasteiger partial charge in [0.2, 0.25) is 0 Å². The smallest absolute Gasteiger partial charge is 0.338 e. The van der Waals surface area contributed by atoms with Crippen molar-refractivity contribution in [2.45, 2.75) is 38.8 Å². The maximum absolute atomic E-state index is 12.2. The maximum Gasteiger partial charge on any atom is 0.338 e. The third-order valence-electron chi connectivity index (χ3n) is 4.00. The van der Waals surface area contributed by atoms with Gasteiger partial charge in [0.15, 0.2) is 6.10 Å². The molecule has 1 N–H and O–H groups in total. The first kappa shape index (κ1) is 19.2. The minimum Gasteiger partial charge on any atom is -0.449 e. The molecule has 1 amide bonds. The second kappa shape index (κ2) is 9.38. The molecule has 0 aliphatic carbocycles. The number of esters is 1. The van der Waals surface area contributed by atoms with Crippen LogP contribution in [0.3, 0.4) is 0 Å². The summed E-state index contributed by atoms with van der Waals surface area (Å²) in [6, 6.07) is 18.1. The zero-order valence-electron chi connectivity index (χ0n) is 14.9. The van der Waals surface area contributed by atoms with Crippen molar-refractivity contribution in [3.8, 4) is 6.07 Å². The number of hydrogen-bond acceptors (Lipinski definition) is 4. The zero-order valence-corrected chi connectivity index (χ0v) is 14.9. The van der Waals surface area contributed by atoms with Gasteiger partial charge in [-0.3, -0.25) is 4.79 Å². The lowest BCUT2D eigenvalue weighted by Gasteiger charge is -2.18. The Morgan fingerprint density at radius 2 is 1.73 bits per heavy atom. The van der Waals surface area contributed by atoms with E-state index in [1.807, 2.05) is 31.2 Å². The van der Waals surface area contributed by atoms with E-state index in [0.29, 0.717) is 11.1 Å². The summed E-state index contributed by atoms with van der Waals surface area (Å²) < 4.78 is 5.20. The molecule has 0 aliphatic heterocycles. The summed E-state index contributed by atoms with van der Waals surface area (Å²) in [6.07, 6.45) is 0.769. The highest BCUT2D eigenvalue weighted by molar-refractivity contribution is 5.92. The summed E-state index contributed by atoms with van der Waals surface area (Å²) in [6.45, 7) is 3.47. The molecule has 0 saturated heterocycles. The Morgan fingerprint density at radius 1 is 1.08 bits per heavy atom. The monoisotopic (exact) mass is 350 g/mol. The average Bonchev–Trinajstić information content (AvgIpc) is 2.67. The second-order valence-electron chi connectivity index (χ2n) is 6.17. The van der Waals surface area contributed by atoms with Gasteiger partial charge >= 0.3 is 5.97 Å². The molecule has 0 aliphatic rings. The molecule has 0 spiro atoms. The molecule has 5 nitrogen and oxygen atoms in total. The number of nitrogens with zero attached hydrogens (tertiary/aromatic N) is 1. The summed E-state index contributed by atoms with van der Waals surface area (Å²) in [5.74, 6) is -0.915. The molecule has 5 heteroatoms. The van der Waals surface area contributed by atoms with Crippen molar-refractivity contribution < 1.29 is 14.3 Å². The van der Waals surface area contributed by atoms with Crippen LogP contribution >= 0.6 is 0 Å². The van der Waals surface area contributed by atoms with E-state index in [0.717, 1.165) is 12.8 Å². The number of amides is 1. The van der Waals surface area contributed by atoms with Gasteiger partial charge in [0.25, 0.3) is 5.91 Å². The van der Waals surface area contributed by atoms with E-state index >= 15 is 0 Å². The third kappa shape index (κ3) is 5.75. The first-order valence-corrected chi connectivity index (χ1v) is 8.55. The van der Waals surface area contributed by atoms with Crippen LogP contribution in [0.1, 0.15) is 41.8 Å². The molecule has 0 heterocycles. The number of hydrogen-bond donors (Lipinski definition) is 1. The van der Waals surface area contributed by atoms with E-state index in [2.05, 4.69) is 17.4 Å². The largest absolute Gasteiger partial charge is 0.449 e. The van der Waals surface area contributed by atoms with E-state index in [1.54, 1.807) is 6.92 Å². The molecule has 0 aromatic heterocycles. The molecule has 2 rings (SSSR count). The summed E-state index contributed by atoms with van der Waals surface area (Å²) in [5, 5.41) is 11.6. The molecule has 26 heavy (non-hydrogen) atoms. The maximum atomic E-state index is 12.2. The van der Waals surface area contributed by atoms with Crippen molar-refractivity contribution in [2.24, 2.45) is 0 Å². The molecule has 0 fully saturated rings. The Balaban J connectivity index is 1.80. The predicted molar refractivity (Wildman–Crippen MR) is 98.4 cm³/mol. The number of benzene rings is 2. The SMILES string of the molecule is C[C@H](OC(=O)c1ccc(C#N)cc1)C(=O)N[C@@H](C)CCc1ccccc1. The number of nitrogens with one attached hydrogen (secondary N) is 1. The number of ether oxygens (including phenoxy) is 1. The lowest BCUT2D eigenvalue weighted by molar-refractivity contribution is -0.129. The van der Waals surface area contributed by atoms with E-state index in [-0.39, 0.29) is 11.9 Å². The number of carbonyl (C=O) groups is 2. The van der Waals surface area contributed by atoms with Crippen molar-refractivity contribution in [1.82, 2.24) is 5.32 Å². The van der Waals surface area contributed by atoms with Gasteiger partial charge in [0.1, 0.15) is 0 Å². The van der Waals surface area contributed by atoms with Gasteiger partial charge < -0.3 is 10.1 Å². The van der Waals surface area contributed by atoms with E-state index in [4.69, 9.17) is 10.00 Å². The minimum atomic E-state index is -0.891.